The number of nitrogens with zero attached hydrogens (tertiary/aromatic N) is 3. The van der Waals surface area contributed by atoms with Crippen LogP contribution in [0, 0.1) is 30.6 Å². The van der Waals surface area contributed by atoms with Crippen LogP contribution in [0.15, 0.2) is 35.3 Å². The second-order valence-corrected chi connectivity index (χ2v) is 15.7. The lowest BCUT2D eigenvalue weighted by Crippen LogP contribution is -2.49. The van der Waals surface area contributed by atoms with E-state index in [-0.39, 0.29) is 23.8 Å². The molecule has 5 aliphatic rings. The van der Waals surface area contributed by atoms with Gasteiger partial charge in [0, 0.05) is 48.2 Å². The van der Waals surface area contributed by atoms with Gasteiger partial charge in [-0.3, -0.25) is 14.6 Å². The van der Waals surface area contributed by atoms with Gasteiger partial charge < -0.3 is 24.8 Å². The number of ether oxygens (including phenoxy) is 2. The molecule has 0 bridgehead atoms. The Bertz CT molecular complexity index is 1690. The van der Waals surface area contributed by atoms with Crippen LogP contribution in [0.5, 0.6) is 11.5 Å². The minimum atomic E-state index is -1.32. The summed E-state index contributed by atoms with van der Waals surface area (Å²) < 4.78 is 12.5. The number of thioether (sulfide) groups is 1. The Labute approximate surface area is 292 Å². The molecule has 6 atom stereocenters. The number of aliphatic carboxylic acids is 1. The van der Waals surface area contributed by atoms with Gasteiger partial charge in [-0.25, -0.2) is 9.78 Å². The number of benzene rings is 1. The molecule has 2 aliphatic heterocycles. The second-order valence-electron chi connectivity index (χ2n) is 14.6. The molecule has 1 aromatic carbocycles. The molecule has 49 heavy (non-hydrogen) atoms. The van der Waals surface area contributed by atoms with E-state index < -0.39 is 29.4 Å². The van der Waals surface area contributed by atoms with Crippen molar-refractivity contribution in [3.8, 4) is 11.5 Å². The van der Waals surface area contributed by atoms with Crippen LogP contribution < -0.4 is 14.8 Å². The maximum absolute atomic E-state index is 13.9. The van der Waals surface area contributed by atoms with Gasteiger partial charge in [0.25, 0.3) is 0 Å². The van der Waals surface area contributed by atoms with Gasteiger partial charge in [0.1, 0.15) is 29.2 Å². The number of allylic oxidation sites excluding steroid dienone is 1. The van der Waals surface area contributed by atoms with Crippen molar-refractivity contribution in [1.82, 2.24) is 15.2 Å². The number of carbonyl (C=O) groups is 3. The van der Waals surface area contributed by atoms with Gasteiger partial charge in [0.2, 0.25) is 11.8 Å². The number of carbonyl (C=O) groups excluding carboxylic acids is 2. The maximum Gasteiger partial charge on any atom is 0.330 e. The van der Waals surface area contributed by atoms with Crippen LogP contribution in [0.4, 0.5) is 0 Å². The molecular formula is C38H48N4O6S. The van der Waals surface area contributed by atoms with Crippen molar-refractivity contribution in [3.05, 3.63) is 41.6 Å². The maximum atomic E-state index is 13.9. The normalized spacial score (nSPS) is 31.7. The molecule has 0 radical (unpaired) electrons. The fourth-order valence-electron chi connectivity index (χ4n) is 8.37. The average molecular weight is 689 g/mol. The van der Waals surface area contributed by atoms with Crippen LogP contribution in [0.1, 0.15) is 87.9 Å². The van der Waals surface area contributed by atoms with Crippen LogP contribution in [0.2, 0.25) is 0 Å². The van der Waals surface area contributed by atoms with Crippen molar-refractivity contribution >= 4 is 45.5 Å². The van der Waals surface area contributed by atoms with Gasteiger partial charge in [-0.2, -0.15) is 0 Å². The lowest BCUT2D eigenvalue weighted by Gasteiger charge is -2.26. The third-order valence-electron chi connectivity index (χ3n) is 11.4. The van der Waals surface area contributed by atoms with Gasteiger partial charge in [-0.05, 0) is 70.4 Å². The first kappa shape index (κ1) is 33.9. The van der Waals surface area contributed by atoms with E-state index in [1.165, 1.54) is 37.1 Å². The van der Waals surface area contributed by atoms with Crippen molar-refractivity contribution in [2.45, 2.75) is 95.2 Å². The number of nitrogens with one attached hydrogen (secondary N) is 1. The fourth-order valence-corrected chi connectivity index (χ4v) is 9.62. The SMILES string of the molecule is COc1ccc2c(O[C@@H]3C[C@H]4C(=O)N[C@]5(C(=O)O)C[C@H]5/C=C\CCCCN(C)C(=O)[C@@H]4C3)cc(C3CSC(C4CCCCC4)=N3)nc2c1C. The molecular weight excluding hydrogens is 641 g/mol. The van der Waals surface area contributed by atoms with Gasteiger partial charge in [0.05, 0.1) is 35.2 Å². The van der Waals surface area contributed by atoms with Crippen molar-refractivity contribution in [3.63, 3.8) is 0 Å². The number of hydrogen-bond acceptors (Lipinski definition) is 8. The molecule has 2 N–H and O–H groups in total. The summed E-state index contributed by atoms with van der Waals surface area (Å²) in [6, 6.07) is 5.79. The third kappa shape index (κ3) is 6.67. The number of methoxy groups -OCH3 is 1. The molecule has 2 aromatic rings. The quantitative estimate of drug-likeness (QED) is 0.341. The Morgan fingerprint density at radius 1 is 1.08 bits per heavy atom. The van der Waals surface area contributed by atoms with E-state index in [9.17, 15) is 19.5 Å². The molecule has 0 saturated heterocycles. The molecule has 262 valence electrons. The summed E-state index contributed by atoms with van der Waals surface area (Å²) in [7, 11) is 3.45. The Balaban J connectivity index is 1.20. The number of hydrogen-bond donors (Lipinski definition) is 2. The molecule has 3 fully saturated rings. The number of aryl methyl sites for hydroxylation is 1. The van der Waals surface area contributed by atoms with E-state index in [1.54, 1.807) is 19.1 Å². The molecule has 7 rings (SSSR count). The number of carboxylic acid groups (broad SMARTS) is 1. The standard InChI is InChI=1S/C38H48N4O6S/c1-22-31(47-3)15-14-26-32(19-29(39-33(22)26)30-21-49-35(40-30)23-11-7-6-8-12-23)48-25-17-27-28(18-25)36(44)42(2)16-10-5-4-9-13-24-20-38(24,37(45)46)41-34(27)43/h9,13-15,19,23-25,27-28,30H,4-8,10-12,16-18,20-21H2,1-3H3,(H,41,43)(H,45,46)/b13-9-/t24-,25-,27-,28-,30?,38-/m1/s1. The predicted octanol–water partition coefficient (Wildman–Crippen LogP) is 6.25. The number of rotatable bonds is 6. The van der Waals surface area contributed by atoms with Gasteiger partial charge >= 0.3 is 5.97 Å². The number of carboxylic acids is 1. The zero-order valence-corrected chi connectivity index (χ0v) is 29.6. The minimum absolute atomic E-state index is 0.0836. The first-order valence-electron chi connectivity index (χ1n) is 18.0. The second kappa shape index (κ2) is 14.0. The van der Waals surface area contributed by atoms with Crippen molar-refractivity contribution in [2.75, 3.05) is 26.5 Å². The monoisotopic (exact) mass is 688 g/mol. The third-order valence-corrected chi connectivity index (χ3v) is 12.6. The summed E-state index contributed by atoms with van der Waals surface area (Å²) in [5.41, 5.74) is 1.23. The number of aromatic nitrogens is 1. The molecule has 2 amide bonds. The number of amides is 2. The molecule has 1 unspecified atom stereocenters. The lowest BCUT2D eigenvalue weighted by atomic mass is 9.90. The van der Waals surface area contributed by atoms with E-state index in [0.29, 0.717) is 37.5 Å². The molecule has 1 aromatic heterocycles. The van der Waals surface area contributed by atoms with E-state index in [4.69, 9.17) is 19.5 Å². The summed E-state index contributed by atoms with van der Waals surface area (Å²) in [5.74, 6) is -0.305. The number of aliphatic imine (C=N–C) groups is 1. The smallest absolute Gasteiger partial charge is 0.330 e. The largest absolute Gasteiger partial charge is 0.496 e. The van der Waals surface area contributed by atoms with Crippen molar-refractivity contribution in [1.29, 1.82) is 0 Å². The summed E-state index contributed by atoms with van der Waals surface area (Å²) in [4.78, 5) is 52.2. The molecule has 11 heteroatoms. The van der Waals surface area contributed by atoms with Crippen molar-refractivity contribution in [2.24, 2.45) is 28.7 Å². The fraction of sp³-hybridized carbons (Fsp3) is 0.605. The van der Waals surface area contributed by atoms with E-state index in [1.807, 2.05) is 49.0 Å². The molecule has 10 nitrogen and oxygen atoms in total. The topological polar surface area (TPSA) is 130 Å². The average Bonchev–Trinajstić information content (AvgIpc) is 3.40. The Hall–Kier alpha value is -3.60. The summed E-state index contributed by atoms with van der Waals surface area (Å²) in [6.45, 7) is 2.60. The highest BCUT2D eigenvalue weighted by atomic mass is 32.2. The summed E-state index contributed by atoms with van der Waals surface area (Å²) in [6.07, 6.45) is 13.3. The Morgan fingerprint density at radius 2 is 1.88 bits per heavy atom. The van der Waals surface area contributed by atoms with Crippen LogP contribution >= 0.6 is 11.8 Å². The van der Waals surface area contributed by atoms with E-state index in [0.717, 1.165) is 52.9 Å². The Morgan fingerprint density at radius 3 is 2.65 bits per heavy atom. The first-order valence-corrected chi connectivity index (χ1v) is 19.0. The molecule has 3 aliphatic carbocycles. The van der Waals surface area contributed by atoms with E-state index in [2.05, 4.69) is 5.32 Å². The zero-order chi connectivity index (χ0) is 34.3. The van der Waals surface area contributed by atoms with Crippen LogP contribution in [-0.2, 0) is 14.4 Å². The van der Waals surface area contributed by atoms with Crippen LogP contribution in [0.3, 0.4) is 0 Å². The highest BCUT2D eigenvalue weighted by molar-refractivity contribution is 8.14. The van der Waals surface area contributed by atoms with Gasteiger partial charge in [0.15, 0.2) is 0 Å². The zero-order valence-electron chi connectivity index (χ0n) is 28.8. The minimum Gasteiger partial charge on any atom is -0.496 e. The summed E-state index contributed by atoms with van der Waals surface area (Å²) >= 11 is 1.85. The molecule has 0 spiro atoms. The lowest BCUT2D eigenvalue weighted by molar-refractivity contribution is -0.145. The molecule has 3 saturated carbocycles. The summed E-state index contributed by atoms with van der Waals surface area (Å²) in [5, 5.41) is 15.1. The van der Waals surface area contributed by atoms with Crippen molar-refractivity contribution < 1.29 is 29.0 Å². The number of pyridine rings is 1. The highest BCUT2D eigenvalue weighted by Gasteiger charge is 2.61. The van der Waals surface area contributed by atoms with Crippen LogP contribution in [-0.4, -0.2) is 75.9 Å². The predicted molar refractivity (Wildman–Crippen MR) is 190 cm³/mol. The van der Waals surface area contributed by atoms with Gasteiger partial charge in [-0.15, -0.1) is 11.8 Å². The molecule has 3 heterocycles. The Kier molecular flexibility index (Phi) is 9.65. The van der Waals surface area contributed by atoms with Gasteiger partial charge in [-0.1, -0.05) is 31.4 Å². The number of fused-ring (bicyclic) bond motifs is 3. The first-order chi connectivity index (χ1) is 23.7. The van der Waals surface area contributed by atoms with E-state index >= 15 is 0 Å². The van der Waals surface area contributed by atoms with Crippen LogP contribution in [0.25, 0.3) is 10.9 Å². The highest BCUT2D eigenvalue weighted by Crippen LogP contribution is 2.47.